The summed E-state index contributed by atoms with van der Waals surface area (Å²) in [6.07, 6.45) is 6.31. The number of carbonyl (C=O) groups is 1. The Hall–Kier alpha value is -2.39. The van der Waals surface area contributed by atoms with Crippen molar-refractivity contribution in [1.29, 1.82) is 0 Å². The van der Waals surface area contributed by atoms with E-state index in [1.165, 1.54) is 14.2 Å². The Kier molecular flexibility index (Phi) is 7.72. The predicted octanol–water partition coefficient (Wildman–Crippen LogP) is 3.08. The van der Waals surface area contributed by atoms with Crippen LogP contribution in [0.2, 0.25) is 0 Å². The average Bonchev–Trinajstić information content (AvgIpc) is 3.05. The molecule has 0 aliphatic carbocycles. The molecule has 31 heavy (non-hydrogen) atoms. The summed E-state index contributed by atoms with van der Waals surface area (Å²) in [7, 11) is 3.04. The Labute approximate surface area is 182 Å². The zero-order valence-corrected chi connectivity index (χ0v) is 18.3. The van der Waals surface area contributed by atoms with Crippen molar-refractivity contribution in [3.63, 3.8) is 0 Å². The first kappa shape index (κ1) is 23.3. The lowest BCUT2D eigenvalue weighted by Crippen LogP contribution is -2.34. The monoisotopic (exact) mass is 434 g/mol. The first-order chi connectivity index (χ1) is 14.8. The van der Waals surface area contributed by atoms with Gasteiger partial charge in [0.2, 0.25) is 0 Å². The number of cyclic esters (lactones) is 1. The molecule has 1 aromatic carbocycles. The topological polar surface area (TPSA) is 92.7 Å². The van der Waals surface area contributed by atoms with Gasteiger partial charge in [0.05, 0.1) is 19.8 Å². The average molecular weight is 434 g/mol. The van der Waals surface area contributed by atoms with Gasteiger partial charge < -0.3 is 33.5 Å². The van der Waals surface area contributed by atoms with E-state index in [4.69, 9.17) is 28.4 Å². The molecule has 3 atom stereocenters. The van der Waals surface area contributed by atoms with Gasteiger partial charge >= 0.3 is 5.97 Å². The van der Waals surface area contributed by atoms with Crippen LogP contribution in [0, 0.1) is 0 Å². The van der Waals surface area contributed by atoms with E-state index in [2.05, 4.69) is 0 Å². The van der Waals surface area contributed by atoms with Gasteiger partial charge in [0.25, 0.3) is 0 Å². The Morgan fingerprint density at radius 3 is 2.74 bits per heavy atom. The number of carbonyl (C=O) groups excluding carboxylic acids is 1. The Bertz CT molecular complexity index is 829. The number of aliphatic hydroxyl groups excluding tert-OH is 1. The molecule has 2 heterocycles. The SMILES string of the molecule is COCOc1cc(OC)cc2c1C(=O)OCC/C=C\C(O)C1OC(C)(C)O[C@H]1C/C=C/2. The van der Waals surface area contributed by atoms with Crippen LogP contribution in [0.3, 0.4) is 0 Å². The molecule has 2 unspecified atom stereocenters. The molecule has 170 valence electrons. The third-order valence-corrected chi connectivity index (χ3v) is 4.95. The van der Waals surface area contributed by atoms with Gasteiger partial charge in [0, 0.05) is 13.2 Å². The summed E-state index contributed by atoms with van der Waals surface area (Å²) in [6, 6.07) is 3.36. The van der Waals surface area contributed by atoms with Crippen LogP contribution < -0.4 is 9.47 Å². The quantitative estimate of drug-likeness (QED) is 0.439. The molecule has 0 spiro atoms. The maximum absolute atomic E-state index is 12.9. The smallest absolute Gasteiger partial charge is 0.342 e. The predicted molar refractivity (Wildman–Crippen MR) is 113 cm³/mol. The second-order valence-corrected chi connectivity index (χ2v) is 7.76. The lowest BCUT2D eigenvalue weighted by atomic mass is 10.0. The minimum absolute atomic E-state index is 0.0265. The summed E-state index contributed by atoms with van der Waals surface area (Å²) in [5.74, 6) is -0.476. The number of rotatable bonds is 4. The molecule has 0 radical (unpaired) electrons. The second-order valence-electron chi connectivity index (χ2n) is 7.76. The molecule has 0 bridgehead atoms. The van der Waals surface area contributed by atoms with Gasteiger partial charge in [0.1, 0.15) is 29.3 Å². The number of esters is 1. The van der Waals surface area contributed by atoms with Crippen molar-refractivity contribution in [2.75, 3.05) is 27.6 Å². The minimum atomic E-state index is -0.833. The molecule has 2 aliphatic heterocycles. The molecule has 0 aromatic heterocycles. The summed E-state index contributed by atoms with van der Waals surface area (Å²) in [5.41, 5.74) is 0.869. The van der Waals surface area contributed by atoms with E-state index in [1.54, 1.807) is 30.4 Å². The zero-order valence-electron chi connectivity index (χ0n) is 18.3. The maximum atomic E-state index is 12.9. The van der Waals surface area contributed by atoms with E-state index in [9.17, 15) is 9.90 Å². The van der Waals surface area contributed by atoms with Crippen molar-refractivity contribution in [2.24, 2.45) is 0 Å². The number of hydrogen-bond donors (Lipinski definition) is 1. The molecule has 0 amide bonds. The molecule has 3 rings (SSSR count). The van der Waals surface area contributed by atoms with Gasteiger partial charge in [-0.25, -0.2) is 4.79 Å². The maximum Gasteiger partial charge on any atom is 0.342 e. The third kappa shape index (κ3) is 5.86. The number of ether oxygens (including phenoxy) is 6. The minimum Gasteiger partial charge on any atom is -0.497 e. The highest BCUT2D eigenvalue weighted by Gasteiger charge is 2.43. The zero-order chi connectivity index (χ0) is 22.4. The summed E-state index contributed by atoms with van der Waals surface area (Å²) in [5, 5.41) is 10.5. The standard InChI is InChI=1S/C23H30O8/c1-23(2)30-18-10-7-8-15-12-16(27-4)13-19(29-14-26-3)20(15)22(25)28-11-6-5-9-17(24)21(18)31-23/h5,7-9,12-13,17-18,21,24H,6,10-11,14H2,1-4H3/b8-7+,9-5-/t17?,18-,21?/m0/s1. The van der Waals surface area contributed by atoms with Crippen LogP contribution >= 0.6 is 0 Å². The molecule has 0 saturated carbocycles. The van der Waals surface area contributed by atoms with Crippen molar-refractivity contribution >= 4 is 12.0 Å². The Balaban J connectivity index is 1.98. The fourth-order valence-electron chi connectivity index (χ4n) is 3.62. The normalized spacial score (nSPS) is 27.9. The van der Waals surface area contributed by atoms with Crippen LogP contribution in [0.25, 0.3) is 6.08 Å². The van der Waals surface area contributed by atoms with E-state index in [0.717, 1.165) is 0 Å². The Morgan fingerprint density at radius 1 is 1.19 bits per heavy atom. The van der Waals surface area contributed by atoms with Crippen molar-refractivity contribution < 1.29 is 38.3 Å². The van der Waals surface area contributed by atoms with Crippen LogP contribution in [0.4, 0.5) is 0 Å². The summed E-state index contributed by atoms with van der Waals surface area (Å²) < 4.78 is 33.3. The summed E-state index contributed by atoms with van der Waals surface area (Å²) in [6.45, 7) is 3.76. The van der Waals surface area contributed by atoms with Crippen molar-refractivity contribution in [3.8, 4) is 11.5 Å². The number of methoxy groups -OCH3 is 2. The van der Waals surface area contributed by atoms with Gasteiger partial charge in [-0.15, -0.1) is 0 Å². The van der Waals surface area contributed by atoms with Crippen LogP contribution in [-0.4, -0.2) is 62.8 Å². The van der Waals surface area contributed by atoms with Crippen LogP contribution in [-0.2, 0) is 18.9 Å². The van der Waals surface area contributed by atoms with Crippen LogP contribution in [0.1, 0.15) is 42.6 Å². The van der Waals surface area contributed by atoms with E-state index in [1.807, 2.05) is 19.9 Å². The van der Waals surface area contributed by atoms with Crippen molar-refractivity contribution in [1.82, 2.24) is 0 Å². The lowest BCUT2D eigenvalue weighted by molar-refractivity contribution is -0.152. The van der Waals surface area contributed by atoms with Crippen LogP contribution in [0.5, 0.6) is 11.5 Å². The molecule has 1 aromatic rings. The first-order valence-electron chi connectivity index (χ1n) is 10.2. The van der Waals surface area contributed by atoms with Crippen molar-refractivity contribution in [3.05, 3.63) is 41.5 Å². The Morgan fingerprint density at radius 2 is 2.00 bits per heavy atom. The van der Waals surface area contributed by atoms with E-state index in [-0.39, 0.29) is 25.1 Å². The molecule has 1 fully saturated rings. The number of fused-ring (bicyclic) bond motifs is 2. The van der Waals surface area contributed by atoms with Gasteiger partial charge in [0.15, 0.2) is 12.6 Å². The van der Waals surface area contributed by atoms with E-state index >= 15 is 0 Å². The van der Waals surface area contributed by atoms with E-state index in [0.29, 0.717) is 29.9 Å². The number of aliphatic hydroxyl groups is 1. The molecule has 2 aliphatic rings. The highest BCUT2D eigenvalue weighted by Crippen LogP contribution is 2.34. The number of benzene rings is 1. The van der Waals surface area contributed by atoms with E-state index < -0.39 is 24.0 Å². The third-order valence-electron chi connectivity index (χ3n) is 4.95. The molecule has 8 nitrogen and oxygen atoms in total. The number of hydrogen-bond acceptors (Lipinski definition) is 8. The fraction of sp³-hybridized carbons (Fsp3) is 0.522. The van der Waals surface area contributed by atoms with Gasteiger partial charge in [-0.3, -0.25) is 0 Å². The van der Waals surface area contributed by atoms with Crippen LogP contribution in [0.15, 0.2) is 30.4 Å². The molecular weight excluding hydrogens is 404 g/mol. The second kappa shape index (κ2) is 10.3. The fourth-order valence-corrected chi connectivity index (χ4v) is 3.62. The first-order valence-corrected chi connectivity index (χ1v) is 10.2. The van der Waals surface area contributed by atoms with Gasteiger partial charge in [-0.1, -0.05) is 24.3 Å². The highest BCUT2D eigenvalue weighted by atomic mass is 16.8. The highest BCUT2D eigenvalue weighted by molar-refractivity contribution is 5.97. The van der Waals surface area contributed by atoms with Gasteiger partial charge in [-0.2, -0.15) is 0 Å². The lowest BCUT2D eigenvalue weighted by Gasteiger charge is -2.20. The largest absolute Gasteiger partial charge is 0.497 e. The van der Waals surface area contributed by atoms with Crippen molar-refractivity contribution in [2.45, 2.75) is 50.8 Å². The molecule has 1 saturated heterocycles. The molecule has 8 heteroatoms. The molecule has 1 N–H and O–H groups in total. The molecular formula is C23H30O8. The van der Waals surface area contributed by atoms with Gasteiger partial charge in [-0.05, 0) is 38.3 Å². The summed E-state index contributed by atoms with van der Waals surface area (Å²) >= 11 is 0. The summed E-state index contributed by atoms with van der Waals surface area (Å²) in [4.78, 5) is 12.9.